The van der Waals surface area contributed by atoms with Gasteiger partial charge in [-0.05, 0) is 24.7 Å². The summed E-state index contributed by atoms with van der Waals surface area (Å²) in [5, 5.41) is 0.331. The third-order valence-electron chi connectivity index (χ3n) is 3.10. The summed E-state index contributed by atoms with van der Waals surface area (Å²) in [6.07, 6.45) is 3.46. The lowest BCUT2D eigenvalue weighted by molar-refractivity contribution is 0.407. The van der Waals surface area contributed by atoms with Crippen LogP contribution in [0.15, 0.2) is 24.3 Å². The van der Waals surface area contributed by atoms with Gasteiger partial charge in [-0.15, -0.1) is 0 Å². The first-order valence-electron chi connectivity index (χ1n) is 6.74. The molecule has 0 radical (unpaired) electrons. The maximum atomic E-state index is 6.28. The molecule has 0 amide bonds. The van der Waals surface area contributed by atoms with Crippen molar-refractivity contribution in [2.75, 3.05) is 12.9 Å². The number of ether oxygens (including phenoxy) is 1. The van der Waals surface area contributed by atoms with Crippen LogP contribution in [0.3, 0.4) is 0 Å². The number of hydrogen-bond donors (Lipinski definition) is 1. The Labute approximate surface area is 115 Å². The molecule has 0 aliphatic heterocycles. The second-order valence-corrected chi connectivity index (χ2v) is 5.71. The average Bonchev–Trinajstić information content (AvgIpc) is 2.43. The fourth-order valence-corrected chi connectivity index (χ4v) is 3.44. The molecule has 0 aliphatic rings. The molecule has 0 aliphatic carbocycles. The van der Waals surface area contributed by atoms with Crippen molar-refractivity contribution >= 4 is 11.8 Å². The summed E-state index contributed by atoms with van der Waals surface area (Å²) in [6.45, 7) is 4.37. The number of rotatable bonds is 8. The third kappa shape index (κ3) is 4.21. The molecular formula is C15H25NOS. The van der Waals surface area contributed by atoms with Gasteiger partial charge in [-0.25, -0.2) is 0 Å². The molecule has 0 spiro atoms. The van der Waals surface area contributed by atoms with E-state index in [2.05, 4.69) is 26.0 Å². The fraction of sp³-hybridized carbons (Fsp3) is 0.600. The van der Waals surface area contributed by atoms with Gasteiger partial charge in [0, 0.05) is 16.9 Å². The Morgan fingerprint density at radius 1 is 1.28 bits per heavy atom. The molecule has 3 heteroatoms. The maximum Gasteiger partial charge on any atom is 0.123 e. The molecule has 0 saturated carbocycles. The summed E-state index contributed by atoms with van der Waals surface area (Å²) >= 11 is 1.96. The number of para-hydroxylation sites is 1. The van der Waals surface area contributed by atoms with Gasteiger partial charge in [0.1, 0.15) is 5.75 Å². The van der Waals surface area contributed by atoms with Gasteiger partial charge in [0.05, 0.1) is 7.11 Å². The first-order chi connectivity index (χ1) is 8.74. The Morgan fingerprint density at radius 2 is 2.00 bits per heavy atom. The summed E-state index contributed by atoms with van der Waals surface area (Å²) in [5.74, 6) is 2.11. The van der Waals surface area contributed by atoms with E-state index in [0.717, 1.165) is 17.9 Å². The molecular weight excluding hydrogens is 242 g/mol. The van der Waals surface area contributed by atoms with Crippen LogP contribution in [0.5, 0.6) is 5.75 Å². The highest BCUT2D eigenvalue weighted by atomic mass is 32.2. The predicted molar refractivity (Wildman–Crippen MR) is 81.4 cm³/mol. The molecule has 2 atom stereocenters. The summed E-state index contributed by atoms with van der Waals surface area (Å²) in [4.78, 5) is 0. The van der Waals surface area contributed by atoms with Gasteiger partial charge in [-0.2, -0.15) is 11.8 Å². The van der Waals surface area contributed by atoms with E-state index in [9.17, 15) is 0 Å². The van der Waals surface area contributed by atoms with Crippen LogP contribution in [-0.4, -0.2) is 18.9 Å². The normalized spacial score (nSPS) is 14.2. The van der Waals surface area contributed by atoms with E-state index in [1.807, 2.05) is 23.9 Å². The Hall–Kier alpha value is -0.670. The number of unbranched alkanes of at least 4 members (excludes halogenated alkanes) is 1. The standard InChI is InChI=1S/C15H25NOS/c1-4-6-11-18-15(13(16)5-2)12-9-7-8-10-14(12)17-3/h7-10,13,15H,4-6,11,16H2,1-3H3. The molecule has 0 saturated heterocycles. The number of thioether (sulfide) groups is 1. The first-order valence-corrected chi connectivity index (χ1v) is 7.79. The Bertz CT molecular complexity index is 343. The summed E-state index contributed by atoms with van der Waals surface area (Å²) in [5.41, 5.74) is 7.51. The molecule has 0 fully saturated rings. The van der Waals surface area contributed by atoms with Crippen LogP contribution in [0.2, 0.25) is 0 Å². The number of benzene rings is 1. The van der Waals surface area contributed by atoms with E-state index in [1.54, 1.807) is 7.11 Å². The van der Waals surface area contributed by atoms with Crippen molar-refractivity contribution in [1.82, 2.24) is 0 Å². The van der Waals surface area contributed by atoms with Gasteiger partial charge >= 0.3 is 0 Å². The largest absolute Gasteiger partial charge is 0.496 e. The molecule has 0 bridgehead atoms. The number of nitrogens with two attached hydrogens (primary N) is 1. The van der Waals surface area contributed by atoms with Crippen LogP contribution in [0.25, 0.3) is 0 Å². The Morgan fingerprint density at radius 3 is 2.61 bits per heavy atom. The molecule has 1 aromatic carbocycles. The van der Waals surface area contributed by atoms with E-state index >= 15 is 0 Å². The molecule has 1 aromatic rings. The maximum absolute atomic E-state index is 6.28. The Balaban J connectivity index is 2.86. The minimum Gasteiger partial charge on any atom is -0.496 e. The summed E-state index contributed by atoms with van der Waals surface area (Å²) < 4.78 is 5.46. The van der Waals surface area contributed by atoms with Crippen molar-refractivity contribution < 1.29 is 4.74 Å². The van der Waals surface area contributed by atoms with Crippen LogP contribution >= 0.6 is 11.8 Å². The molecule has 1 rings (SSSR count). The highest BCUT2D eigenvalue weighted by molar-refractivity contribution is 7.99. The van der Waals surface area contributed by atoms with Gasteiger partial charge in [-0.3, -0.25) is 0 Å². The average molecular weight is 267 g/mol. The summed E-state index contributed by atoms with van der Waals surface area (Å²) in [7, 11) is 1.73. The van der Waals surface area contributed by atoms with Gasteiger partial charge < -0.3 is 10.5 Å². The molecule has 2 unspecified atom stereocenters. The second-order valence-electron chi connectivity index (χ2n) is 4.46. The zero-order valence-corrected chi connectivity index (χ0v) is 12.5. The predicted octanol–water partition coefficient (Wildman–Crippen LogP) is 4.01. The van der Waals surface area contributed by atoms with Crippen molar-refractivity contribution in [2.24, 2.45) is 5.73 Å². The Kier molecular flexibility index (Phi) is 7.21. The van der Waals surface area contributed by atoms with E-state index in [-0.39, 0.29) is 6.04 Å². The first kappa shape index (κ1) is 15.4. The lowest BCUT2D eigenvalue weighted by Gasteiger charge is -2.24. The van der Waals surface area contributed by atoms with Crippen molar-refractivity contribution in [3.63, 3.8) is 0 Å². The molecule has 102 valence electrons. The minimum atomic E-state index is 0.183. The van der Waals surface area contributed by atoms with Crippen molar-refractivity contribution in [1.29, 1.82) is 0 Å². The SMILES string of the molecule is CCCCSC(c1ccccc1OC)C(N)CC. The smallest absolute Gasteiger partial charge is 0.123 e. The second kappa shape index (κ2) is 8.44. The van der Waals surface area contributed by atoms with Crippen LogP contribution in [0, 0.1) is 0 Å². The van der Waals surface area contributed by atoms with Crippen molar-refractivity contribution in [3.05, 3.63) is 29.8 Å². The summed E-state index contributed by atoms with van der Waals surface area (Å²) in [6, 6.07) is 8.41. The number of hydrogen-bond acceptors (Lipinski definition) is 3. The quantitative estimate of drug-likeness (QED) is 0.723. The van der Waals surface area contributed by atoms with Gasteiger partial charge in [0.25, 0.3) is 0 Å². The van der Waals surface area contributed by atoms with E-state index in [0.29, 0.717) is 5.25 Å². The monoisotopic (exact) mass is 267 g/mol. The number of methoxy groups -OCH3 is 1. The zero-order valence-electron chi connectivity index (χ0n) is 11.7. The minimum absolute atomic E-state index is 0.183. The third-order valence-corrected chi connectivity index (χ3v) is 4.59. The van der Waals surface area contributed by atoms with Crippen LogP contribution in [-0.2, 0) is 0 Å². The molecule has 2 N–H and O–H groups in total. The van der Waals surface area contributed by atoms with E-state index in [1.165, 1.54) is 18.4 Å². The highest BCUT2D eigenvalue weighted by Gasteiger charge is 2.21. The van der Waals surface area contributed by atoms with Gasteiger partial charge in [-0.1, -0.05) is 38.5 Å². The molecule has 0 aromatic heterocycles. The van der Waals surface area contributed by atoms with Gasteiger partial charge in [0.15, 0.2) is 0 Å². The lowest BCUT2D eigenvalue weighted by Crippen LogP contribution is -2.26. The van der Waals surface area contributed by atoms with Crippen LogP contribution in [0.1, 0.15) is 43.9 Å². The van der Waals surface area contributed by atoms with Crippen LogP contribution in [0.4, 0.5) is 0 Å². The molecule has 0 heterocycles. The lowest BCUT2D eigenvalue weighted by atomic mass is 10.0. The van der Waals surface area contributed by atoms with E-state index in [4.69, 9.17) is 10.5 Å². The highest BCUT2D eigenvalue weighted by Crippen LogP contribution is 2.38. The van der Waals surface area contributed by atoms with Crippen LogP contribution < -0.4 is 10.5 Å². The molecule has 18 heavy (non-hydrogen) atoms. The molecule has 2 nitrogen and oxygen atoms in total. The van der Waals surface area contributed by atoms with Gasteiger partial charge in [0.2, 0.25) is 0 Å². The van der Waals surface area contributed by atoms with Crippen molar-refractivity contribution in [3.8, 4) is 5.75 Å². The van der Waals surface area contributed by atoms with Crippen molar-refractivity contribution in [2.45, 2.75) is 44.4 Å². The fourth-order valence-electron chi connectivity index (χ4n) is 1.91. The topological polar surface area (TPSA) is 35.2 Å². The van der Waals surface area contributed by atoms with E-state index < -0.39 is 0 Å². The zero-order chi connectivity index (χ0) is 13.4.